The van der Waals surface area contributed by atoms with Crippen molar-refractivity contribution in [1.82, 2.24) is 0 Å². The molecular formula is C64H41NOS. The van der Waals surface area contributed by atoms with E-state index < -0.39 is 5.41 Å². The summed E-state index contributed by atoms with van der Waals surface area (Å²) in [6.45, 7) is 4.74. The third-order valence-electron chi connectivity index (χ3n) is 15.5. The highest BCUT2D eigenvalue weighted by Gasteiger charge is 2.50. The molecule has 0 N–H and O–H groups in total. The van der Waals surface area contributed by atoms with E-state index in [1.807, 2.05) is 17.4 Å². The fourth-order valence-electron chi connectivity index (χ4n) is 12.7. The quantitative estimate of drug-likeness (QED) is 0.176. The molecule has 10 aromatic carbocycles. The maximum atomic E-state index is 6.42. The summed E-state index contributed by atoms with van der Waals surface area (Å²) < 4.78 is 9.07. The minimum Gasteiger partial charge on any atom is -0.456 e. The summed E-state index contributed by atoms with van der Waals surface area (Å²) in [4.78, 5) is 2.48. The van der Waals surface area contributed by atoms with Crippen molar-refractivity contribution in [3.8, 4) is 44.5 Å². The normalized spacial score (nSPS) is 15.8. The number of hydrogen-bond acceptors (Lipinski definition) is 3. The molecule has 314 valence electrons. The van der Waals surface area contributed by atoms with E-state index in [4.69, 9.17) is 4.42 Å². The van der Waals surface area contributed by atoms with Crippen LogP contribution >= 0.6 is 11.3 Å². The lowest BCUT2D eigenvalue weighted by molar-refractivity contribution is 0.660. The molecule has 0 saturated heterocycles. The van der Waals surface area contributed by atoms with Crippen molar-refractivity contribution in [2.24, 2.45) is 0 Å². The van der Waals surface area contributed by atoms with E-state index in [0.717, 1.165) is 39.0 Å². The second kappa shape index (κ2) is 13.3. The summed E-state index contributed by atoms with van der Waals surface area (Å²) in [5.41, 5.74) is 22.6. The smallest absolute Gasteiger partial charge is 0.135 e. The van der Waals surface area contributed by atoms with Crippen LogP contribution in [-0.4, -0.2) is 0 Å². The number of furan rings is 1. The van der Waals surface area contributed by atoms with Crippen LogP contribution in [-0.2, 0) is 10.8 Å². The van der Waals surface area contributed by atoms with E-state index in [2.05, 4.69) is 225 Å². The Kier molecular flexibility index (Phi) is 7.41. The van der Waals surface area contributed by atoms with Gasteiger partial charge < -0.3 is 9.32 Å². The van der Waals surface area contributed by atoms with Crippen LogP contribution in [0, 0.1) is 0 Å². The number of thiophene rings is 1. The van der Waals surface area contributed by atoms with E-state index in [-0.39, 0.29) is 5.41 Å². The second-order valence-corrected chi connectivity index (χ2v) is 20.2. The zero-order chi connectivity index (χ0) is 44.2. The second-order valence-electron chi connectivity index (χ2n) is 19.1. The van der Waals surface area contributed by atoms with Crippen molar-refractivity contribution < 1.29 is 4.42 Å². The summed E-state index contributed by atoms with van der Waals surface area (Å²) >= 11 is 1.90. The first kappa shape index (κ1) is 37.3. The molecular weight excluding hydrogens is 831 g/mol. The summed E-state index contributed by atoms with van der Waals surface area (Å²) in [6, 6.07) is 79.8. The van der Waals surface area contributed by atoms with E-state index in [1.54, 1.807) is 0 Å². The molecule has 67 heavy (non-hydrogen) atoms. The predicted molar refractivity (Wildman–Crippen MR) is 281 cm³/mol. The molecule has 1 atom stereocenters. The number of para-hydroxylation sites is 1. The first-order valence-corrected chi connectivity index (χ1v) is 24.1. The van der Waals surface area contributed by atoms with Crippen LogP contribution in [0.25, 0.3) is 86.6 Å². The maximum absolute atomic E-state index is 6.42. The molecule has 0 bridgehead atoms. The van der Waals surface area contributed by atoms with Gasteiger partial charge in [0.2, 0.25) is 0 Å². The zero-order valence-electron chi connectivity index (χ0n) is 37.0. The minimum atomic E-state index is -0.602. The van der Waals surface area contributed by atoms with Crippen LogP contribution < -0.4 is 4.90 Å². The Labute approximate surface area is 392 Å². The molecule has 0 amide bonds. The van der Waals surface area contributed by atoms with Gasteiger partial charge in [-0.05, 0) is 139 Å². The number of anilines is 3. The molecule has 3 aliphatic rings. The van der Waals surface area contributed by atoms with Gasteiger partial charge >= 0.3 is 0 Å². The average molecular weight is 872 g/mol. The van der Waals surface area contributed by atoms with Crippen LogP contribution in [0.4, 0.5) is 17.1 Å². The number of fused-ring (bicyclic) bond motifs is 22. The molecule has 2 aromatic heterocycles. The Morgan fingerprint density at radius 1 is 0.358 bits per heavy atom. The molecule has 0 saturated carbocycles. The van der Waals surface area contributed by atoms with Gasteiger partial charge in [-0.15, -0.1) is 11.3 Å². The first-order chi connectivity index (χ1) is 33.0. The third kappa shape index (κ3) is 4.84. The molecule has 0 aliphatic heterocycles. The van der Waals surface area contributed by atoms with Gasteiger partial charge in [-0.25, -0.2) is 0 Å². The largest absolute Gasteiger partial charge is 0.456 e. The number of nitrogens with zero attached hydrogens (tertiary/aromatic N) is 1. The van der Waals surface area contributed by atoms with Gasteiger partial charge in [0.05, 0.1) is 5.41 Å². The fourth-order valence-corrected chi connectivity index (χ4v) is 13.8. The highest BCUT2D eigenvalue weighted by atomic mass is 32.1. The molecule has 15 rings (SSSR count). The Balaban J connectivity index is 1.04. The number of rotatable bonds is 3. The zero-order valence-corrected chi connectivity index (χ0v) is 37.8. The lowest BCUT2D eigenvalue weighted by Gasteiger charge is -2.36. The SMILES string of the molecule is CC1(C)c2ccccc2-c2ccc(N(c3ccc4c(c3)-c3ccccc3-c3ccccc3C43c4ccccc4-c4c3ccc3sc5ccccc5c43)c3ccc4oc5ccccc5c4c3)cc21. The minimum absolute atomic E-state index is 0.161. The van der Waals surface area contributed by atoms with Crippen LogP contribution in [0.2, 0.25) is 0 Å². The summed E-state index contributed by atoms with van der Waals surface area (Å²) in [5, 5.41) is 4.90. The molecule has 3 aliphatic carbocycles. The van der Waals surface area contributed by atoms with E-state index in [0.29, 0.717) is 0 Å². The third-order valence-corrected chi connectivity index (χ3v) is 16.6. The van der Waals surface area contributed by atoms with Crippen molar-refractivity contribution in [3.63, 3.8) is 0 Å². The monoisotopic (exact) mass is 871 g/mol. The van der Waals surface area contributed by atoms with Crippen LogP contribution in [0.3, 0.4) is 0 Å². The Morgan fingerprint density at radius 3 is 1.72 bits per heavy atom. The number of benzene rings is 10. The Morgan fingerprint density at radius 2 is 0.896 bits per heavy atom. The Hall–Kier alpha value is -7.98. The molecule has 0 radical (unpaired) electrons. The van der Waals surface area contributed by atoms with Crippen molar-refractivity contribution in [2.45, 2.75) is 24.7 Å². The van der Waals surface area contributed by atoms with Gasteiger partial charge in [-0.2, -0.15) is 0 Å². The van der Waals surface area contributed by atoms with Crippen molar-refractivity contribution in [3.05, 3.63) is 246 Å². The summed E-state index contributed by atoms with van der Waals surface area (Å²) in [6.07, 6.45) is 0. The van der Waals surface area contributed by atoms with Gasteiger partial charge in [0.1, 0.15) is 11.2 Å². The number of hydrogen-bond donors (Lipinski definition) is 0. The molecule has 1 unspecified atom stereocenters. The van der Waals surface area contributed by atoms with Crippen LogP contribution in [0.5, 0.6) is 0 Å². The van der Waals surface area contributed by atoms with Gasteiger partial charge in [-0.1, -0.05) is 166 Å². The molecule has 3 heteroatoms. The van der Waals surface area contributed by atoms with Crippen LogP contribution in [0.1, 0.15) is 47.2 Å². The predicted octanol–water partition coefficient (Wildman–Crippen LogP) is 17.7. The summed E-state index contributed by atoms with van der Waals surface area (Å²) in [5.74, 6) is 0. The molecule has 2 heterocycles. The molecule has 1 spiro atoms. The molecule has 2 nitrogen and oxygen atoms in total. The van der Waals surface area contributed by atoms with Gasteiger partial charge in [-0.3, -0.25) is 0 Å². The van der Waals surface area contributed by atoms with Gasteiger partial charge in [0, 0.05) is 53.4 Å². The first-order valence-electron chi connectivity index (χ1n) is 23.3. The maximum Gasteiger partial charge on any atom is 0.135 e. The van der Waals surface area contributed by atoms with Gasteiger partial charge in [0.25, 0.3) is 0 Å². The molecule has 12 aromatic rings. The summed E-state index contributed by atoms with van der Waals surface area (Å²) in [7, 11) is 0. The Bertz CT molecular complexity index is 4110. The standard InChI is InChI=1S/C64H41NOS/c1-63(2)51-22-10-5-18-44(51)45-30-27-40(37-56(45)63)65(39-29-33-58-50(36-39)46-19-8-13-25-57(46)66-58)38-28-31-54-49(35-38)42-16-4-3-15-41(42)43-17-6-11-23-52(43)64(54)53-24-12-7-20-47(53)61-55(64)32-34-60-62(61)48-21-9-14-26-59(48)67-60/h3-37H,1-2H3. The van der Waals surface area contributed by atoms with E-state index in [9.17, 15) is 0 Å². The van der Waals surface area contributed by atoms with E-state index >= 15 is 0 Å². The van der Waals surface area contributed by atoms with Crippen molar-refractivity contribution >= 4 is 70.5 Å². The highest BCUT2D eigenvalue weighted by molar-refractivity contribution is 7.26. The van der Waals surface area contributed by atoms with Crippen LogP contribution in [0.15, 0.2) is 217 Å². The van der Waals surface area contributed by atoms with Crippen molar-refractivity contribution in [2.75, 3.05) is 4.90 Å². The highest BCUT2D eigenvalue weighted by Crippen LogP contribution is 2.64. The van der Waals surface area contributed by atoms with Crippen molar-refractivity contribution in [1.29, 1.82) is 0 Å². The topological polar surface area (TPSA) is 16.4 Å². The van der Waals surface area contributed by atoms with Gasteiger partial charge in [0.15, 0.2) is 0 Å². The fraction of sp³-hybridized carbons (Fsp3) is 0.0625. The lowest BCUT2D eigenvalue weighted by atomic mass is 9.66. The average Bonchev–Trinajstić information content (AvgIpc) is 4.08. The van der Waals surface area contributed by atoms with E-state index in [1.165, 1.54) is 98.1 Å². The molecule has 0 fully saturated rings. The lowest BCUT2D eigenvalue weighted by Crippen LogP contribution is -2.29.